The Bertz CT molecular complexity index is 558. The molecule has 0 saturated carbocycles. The van der Waals surface area contributed by atoms with E-state index < -0.39 is 17.7 Å². The highest BCUT2D eigenvalue weighted by atomic mass is 19.1. The number of aromatic nitrogens is 1. The van der Waals surface area contributed by atoms with E-state index in [9.17, 15) is 13.9 Å². The van der Waals surface area contributed by atoms with Crippen molar-refractivity contribution in [2.45, 2.75) is 13.0 Å². The smallest absolute Gasteiger partial charge is 0.219 e. The number of hydrogen-bond donors (Lipinski definition) is 1. The Morgan fingerprint density at radius 1 is 1.22 bits per heavy atom. The van der Waals surface area contributed by atoms with Gasteiger partial charge in [-0.25, -0.2) is 13.8 Å². The van der Waals surface area contributed by atoms with Crippen molar-refractivity contribution in [3.05, 3.63) is 53.7 Å². The molecular weight excluding hydrogens is 240 g/mol. The molecule has 0 fully saturated rings. The van der Waals surface area contributed by atoms with Crippen molar-refractivity contribution in [3.63, 3.8) is 0 Å². The maximum atomic E-state index is 13.3. The topological polar surface area (TPSA) is 42.4 Å². The lowest BCUT2D eigenvalue weighted by Crippen LogP contribution is -1.95. The summed E-state index contributed by atoms with van der Waals surface area (Å²) in [7, 11) is 0. The highest BCUT2D eigenvalue weighted by Gasteiger charge is 2.09. The number of ether oxygens (including phenoxy) is 1. The normalized spacial score (nSPS) is 12.2. The van der Waals surface area contributed by atoms with Crippen molar-refractivity contribution in [2.24, 2.45) is 0 Å². The summed E-state index contributed by atoms with van der Waals surface area (Å²) in [6.07, 6.45) is 0.738. The standard InChI is InChI=1S/C13H11F2NO2/c1-8(17)9-4-5-16-13(6-9)18-12-7-10(14)2-3-11(12)15/h2-8,17H,1H3/t8-/m1/s1. The zero-order valence-corrected chi connectivity index (χ0v) is 9.60. The van der Waals surface area contributed by atoms with Gasteiger partial charge in [0.2, 0.25) is 5.88 Å². The predicted octanol–water partition coefficient (Wildman–Crippen LogP) is 3.21. The van der Waals surface area contributed by atoms with Gasteiger partial charge in [-0.2, -0.15) is 0 Å². The molecule has 0 radical (unpaired) electrons. The third-order valence-corrected chi connectivity index (χ3v) is 2.35. The Labute approximate surface area is 103 Å². The van der Waals surface area contributed by atoms with Crippen LogP contribution in [0.15, 0.2) is 36.5 Å². The summed E-state index contributed by atoms with van der Waals surface area (Å²) in [5.41, 5.74) is 0.580. The van der Waals surface area contributed by atoms with Crippen molar-refractivity contribution in [3.8, 4) is 11.6 Å². The molecule has 0 amide bonds. The summed E-state index contributed by atoms with van der Waals surface area (Å²) in [5.74, 6) is -1.43. The zero-order chi connectivity index (χ0) is 13.1. The molecule has 0 saturated heterocycles. The molecule has 18 heavy (non-hydrogen) atoms. The Morgan fingerprint density at radius 3 is 2.72 bits per heavy atom. The van der Waals surface area contributed by atoms with Crippen molar-refractivity contribution < 1.29 is 18.6 Å². The lowest BCUT2D eigenvalue weighted by Gasteiger charge is -2.08. The summed E-state index contributed by atoms with van der Waals surface area (Å²) in [6, 6.07) is 5.99. The van der Waals surface area contributed by atoms with Gasteiger partial charge in [0.15, 0.2) is 11.6 Å². The number of pyridine rings is 1. The van der Waals surface area contributed by atoms with E-state index in [1.807, 2.05) is 0 Å². The molecular formula is C13H11F2NO2. The van der Waals surface area contributed by atoms with Gasteiger partial charge in [-0.05, 0) is 30.7 Å². The minimum absolute atomic E-state index is 0.0953. The minimum atomic E-state index is -0.687. The van der Waals surface area contributed by atoms with E-state index in [-0.39, 0.29) is 11.6 Å². The van der Waals surface area contributed by atoms with Gasteiger partial charge >= 0.3 is 0 Å². The van der Waals surface area contributed by atoms with E-state index in [4.69, 9.17) is 4.74 Å². The molecule has 3 nitrogen and oxygen atoms in total. The summed E-state index contributed by atoms with van der Waals surface area (Å²) in [5, 5.41) is 9.40. The Morgan fingerprint density at radius 2 is 2.00 bits per heavy atom. The van der Waals surface area contributed by atoms with E-state index in [1.165, 1.54) is 12.3 Å². The van der Waals surface area contributed by atoms with Crippen LogP contribution >= 0.6 is 0 Å². The number of aliphatic hydroxyl groups excluding tert-OH is 1. The minimum Gasteiger partial charge on any atom is -0.436 e. The maximum Gasteiger partial charge on any atom is 0.219 e. The second kappa shape index (κ2) is 5.10. The van der Waals surface area contributed by atoms with Gasteiger partial charge in [0.25, 0.3) is 0 Å². The molecule has 1 N–H and O–H groups in total. The molecule has 1 aromatic heterocycles. The van der Waals surface area contributed by atoms with Crippen LogP contribution in [0.2, 0.25) is 0 Å². The zero-order valence-electron chi connectivity index (χ0n) is 9.60. The Balaban J connectivity index is 2.28. The van der Waals surface area contributed by atoms with Gasteiger partial charge in [-0.1, -0.05) is 0 Å². The van der Waals surface area contributed by atoms with Crippen LogP contribution in [-0.4, -0.2) is 10.1 Å². The van der Waals surface area contributed by atoms with Gasteiger partial charge in [0.05, 0.1) is 6.10 Å². The number of benzene rings is 1. The molecule has 94 valence electrons. The van der Waals surface area contributed by atoms with Crippen LogP contribution in [0.5, 0.6) is 11.6 Å². The van der Waals surface area contributed by atoms with Gasteiger partial charge in [0, 0.05) is 18.3 Å². The van der Waals surface area contributed by atoms with E-state index in [0.717, 1.165) is 18.2 Å². The number of rotatable bonds is 3. The first-order valence-corrected chi connectivity index (χ1v) is 5.33. The van der Waals surface area contributed by atoms with Gasteiger partial charge in [-0.3, -0.25) is 0 Å². The van der Waals surface area contributed by atoms with Crippen LogP contribution < -0.4 is 4.74 Å². The van der Waals surface area contributed by atoms with E-state index in [1.54, 1.807) is 13.0 Å². The number of halogens is 2. The first kappa shape index (κ1) is 12.4. The average molecular weight is 251 g/mol. The molecule has 0 unspecified atom stereocenters. The summed E-state index contributed by atoms with van der Waals surface area (Å²) in [4.78, 5) is 3.87. The molecule has 2 aromatic rings. The first-order valence-electron chi connectivity index (χ1n) is 5.33. The SMILES string of the molecule is C[C@@H](O)c1ccnc(Oc2cc(F)ccc2F)c1. The van der Waals surface area contributed by atoms with E-state index >= 15 is 0 Å². The first-order chi connectivity index (χ1) is 8.56. The fourth-order valence-electron chi connectivity index (χ4n) is 1.41. The molecule has 0 bridgehead atoms. The molecule has 1 aromatic carbocycles. The van der Waals surface area contributed by atoms with Crippen molar-refractivity contribution in [2.75, 3.05) is 0 Å². The van der Waals surface area contributed by atoms with Crippen LogP contribution in [0.25, 0.3) is 0 Å². The summed E-state index contributed by atoms with van der Waals surface area (Å²) >= 11 is 0. The highest BCUT2D eigenvalue weighted by molar-refractivity contribution is 5.31. The molecule has 0 spiro atoms. The van der Waals surface area contributed by atoms with Gasteiger partial charge in [-0.15, -0.1) is 0 Å². The van der Waals surface area contributed by atoms with E-state index in [2.05, 4.69) is 4.98 Å². The monoisotopic (exact) mass is 251 g/mol. The maximum absolute atomic E-state index is 13.3. The van der Waals surface area contributed by atoms with E-state index in [0.29, 0.717) is 5.56 Å². The average Bonchev–Trinajstić information content (AvgIpc) is 2.34. The molecule has 0 aliphatic heterocycles. The lowest BCUT2D eigenvalue weighted by atomic mass is 10.2. The van der Waals surface area contributed by atoms with Gasteiger partial charge < -0.3 is 9.84 Å². The van der Waals surface area contributed by atoms with Crippen molar-refractivity contribution in [1.82, 2.24) is 4.98 Å². The molecule has 1 heterocycles. The number of aliphatic hydroxyl groups is 1. The predicted molar refractivity (Wildman–Crippen MR) is 61.3 cm³/mol. The fraction of sp³-hybridized carbons (Fsp3) is 0.154. The van der Waals surface area contributed by atoms with Crippen LogP contribution in [-0.2, 0) is 0 Å². The summed E-state index contributed by atoms with van der Waals surface area (Å²) < 4.78 is 31.4. The summed E-state index contributed by atoms with van der Waals surface area (Å²) in [6.45, 7) is 1.59. The third kappa shape index (κ3) is 2.81. The Kier molecular flexibility index (Phi) is 3.53. The third-order valence-electron chi connectivity index (χ3n) is 2.35. The molecule has 1 atom stereocenters. The second-order valence-corrected chi connectivity index (χ2v) is 3.78. The fourth-order valence-corrected chi connectivity index (χ4v) is 1.41. The van der Waals surface area contributed by atoms with Crippen LogP contribution in [0.3, 0.4) is 0 Å². The number of hydrogen-bond acceptors (Lipinski definition) is 3. The number of nitrogens with zero attached hydrogens (tertiary/aromatic N) is 1. The van der Waals surface area contributed by atoms with Crippen molar-refractivity contribution in [1.29, 1.82) is 0 Å². The van der Waals surface area contributed by atoms with Crippen LogP contribution in [0.4, 0.5) is 8.78 Å². The lowest BCUT2D eigenvalue weighted by molar-refractivity contribution is 0.198. The highest BCUT2D eigenvalue weighted by Crippen LogP contribution is 2.25. The molecule has 0 aliphatic rings. The van der Waals surface area contributed by atoms with Crippen LogP contribution in [0, 0.1) is 11.6 Å². The second-order valence-electron chi connectivity index (χ2n) is 3.78. The molecule has 5 heteroatoms. The van der Waals surface area contributed by atoms with Crippen LogP contribution in [0.1, 0.15) is 18.6 Å². The largest absolute Gasteiger partial charge is 0.436 e. The molecule has 0 aliphatic carbocycles. The van der Waals surface area contributed by atoms with Crippen molar-refractivity contribution >= 4 is 0 Å². The Hall–Kier alpha value is -2.01. The quantitative estimate of drug-likeness (QED) is 0.910. The molecule has 2 rings (SSSR count). The van der Waals surface area contributed by atoms with Gasteiger partial charge in [0.1, 0.15) is 5.82 Å².